The fourth-order valence-electron chi connectivity index (χ4n) is 2.87. The molecule has 0 unspecified atom stereocenters. The minimum absolute atomic E-state index is 0.0339. The summed E-state index contributed by atoms with van der Waals surface area (Å²) in [4.78, 5) is 17.2. The molecule has 3 aromatic rings. The van der Waals surface area contributed by atoms with E-state index >= 15 is 0 Å². The zero-order valence-electron chi connectivity index (χ0n) is 14.6. The molecule has 6 heteroatoms. The third-order valence-corrected chi connectivity index (χ3v) is 3.98. The molecule has 0 spiro atoms. The summed E-state index contributed by atoms with van der Waals surface area (Å²) in [6, 6.07) is 5.97. The number of fused-ring (bicyclic) bond motifs is 1. The Kier molecular flexibility index (Phi) is 4.53. The molecule has 0 radical (unpaired) electrons. The Labute approximate surface area is 144 Å². The molecule has 0 aliphatic carbocycles. The maximum atomic E-state index is 13.4. The number of rotatable bonds is 4. The Morgan fingerprint density at radius 2 is 1.96 bits per heavy atom. The average Bonchev–Trinajstić information content (AvgIpc) is 2.95. The Morgan fingerprint density at radius 1 is 1.28 bits per heavy atom. The number of hydrogen-bond donors (Lipinski definition) is 0. The average molecular weight is 342 g/mol. The van der Waals surface area contributed by atoms with E-state index in [0.29, 0.717) is 39.2 Å². The lowest BCUT2D eigenvalue weighted by Crippen LogP contribution is -2.13. The summed E-state index contributed by atoms with van der Waals surface area (Å²) in [6.07, 6.45) is 0. The van der Waals surface area contributed by atoms with Crippen LogP contribution in [-0.4, -0.2) is 22.7 Å². The summed E-state index contributed by atoms with van der Waals surface area (Å²) in [7, 11) is 0. The molecule has 0 aliphatic heterocycles. The topological polar surface area (TPSA) is 65.2 Å². The predicted octanol–water partition coefficient (Wildman–Crippen LogP) is 4.64. The second-order valence-electron chi connectivity index (χ2n) is 6.08. The van der Waals surface area contributed by atoms with E-state index in [0.717, 1.165) is 0 Å². The Hall–Kier alpha value is -2.76. The molecule has 0 amide bonds. The fraction of sp³-hybridized carbons (Fsp3) is 0.316. The van der Waals surface area contributed by atoms with Gasteiger partial charge in [0.2, 0.25) is 0 Å². The monoisotopic (exact) mass is 342 g/mol. The van der Waals surface area contributed by atoms with E-state index in [1.54, 1.807) is 26.0 Å². The molecular weight excluding hydrogens is 323 g/mol. The lowest BCUT2D eigenvalue weighted by atomic mass is 9.91. The minimum atomic E-state index is -0.458. The predicted molar refractivity (Wildman–Crippen MR) is 92.0 cm³/mol. The van der Waals surface area contributed by atoms with Crippen molar-refractivity contribution in [3.8, 4) is 11.1 Å². The van der Waals surface area contributed by atoms with Gasteiger partial charge < -0.3 is 9.26 Å². The van der Waals surface area contributed by atoms with Crippen molar-refractivity contribution < 1.29 is 18.4 Å². The quantitative estimate of drug-likeness (QED) is 0.646. The smallest absolute Gasteiger partial charge is 0.340 e. The van der Waals surface area contributed by atoms with E-state index in [1.807, 2.05) is 13.8 Å². The highest BCUT2D eigenvalue weighted by Crippen LogP contribution is 2.37. The second-order valence-corrected chi connectivity index (χ2v) is 6.08. The van der Waals surface area contributed by atoms with Crippen LogP contribution < -0.4 is 0 Å². The molecule has 130 valence electrons. The summed E-state index contributed by atoms with van der Waals surface area (Å²) in [5.74, 6) is -0.841. The molecule has 0 atom stereocenters. The molecular formula is C19H19FN2O3. The molecule has 5 nitrogen and oxygen atoms in total. The normalized spacial score (nSPS) is 11.3. The van der Waals surface area contributed by atoms with Gasteiger partial charge >= 0.3 is 5.97 Å². The van der Waals surface area contributed by atoms with Crippen molar-refractivity contribution in [2.45, 2.75) is 33.6 Å². The van der Waals surface area contributed by atoms with E-state index in [9.17, 15) is 9.18 Å². The number of benzene rings is 1. The van der Waals surface area contributed by atoms with E-state index in [4.69, 9.17) is 9.26 Å². The number of esters is 1. The Balaban J connectivity index is 2.44. The highest BCUT2D eigenvalue weighted by Gasteiger charge is 2.27. The first-order valence-corrected chi connectivity index (χ1v) is 8.17. The van der Waals surface area contributed by atoms with Crippen LogP contribution >= 0.6 is 0 Å². The van der Waals surface area contributed by atoms with Crippen molar-refractivity contribution in [3.05, 3.63) is 47.0 Å². The summed E-state index contributed by atoms with van der Waals surface area (Å²) >= 11 is 0. The number of nitrogens with zero attached hydrogens (tertiary/aromatic N) is 2. The first-order valence-electron chi connectivity index (χ1n) is 8.17. The fourth-order valence-corrected chi connectivity index (χ4v) is 2.87. The van der Waals surface area contributed by atoms with Gasteiger partial charge in [-0.05, 0) is 37.5 Å². The van der Waals surface area contributed by atoms with Gasteiger partial charge in [0.1, 0.15) is 5.82 Å². The van der Waals surface area contributed by atoms with Crippen molar-refractivity contribution in [1.82, 2.24) is 10.1 Å². The first kappa shape index (κ1) is 17.1. The van der Waals surface area contributed by atoms with Crippen molar-refractivity contribution in [2.24, 2.45) is 0 Å². The van der Waals surface area contributed by atoms with Crippen LogP contribution in [0.25, 0.3) is 22.2 Å². The maximum Gasteiger partial charge on any atom is 0.340 e. The number of pyridine rings is 1. The van der Waals surface area contributed by atoms with E-state index < -0.39 is 5.97 Å². The van der Waals surface area contributed by atoms with Crippen molar-refractivity contribution >= 4 is 17.1 Å². The number of carbonyl (C=O) groups excluding carboxylic acids is 1. The molecule has 1 aromatic carbocycles. The van der Waals surface area contributed by atoms with Gasteiger partial charge in [-0.2, -0.15) is 0 Å². The molecule has 0 saturated heterocycles. The van der Waals surface area contributed by atoms with Gasteiger partial charge in [0, 0.05) is 5.56 Å². The van der Waals surface area contributed by atoms with Crippen LogP contribution in [0.4, 0.5) is 4.39 Å². The van der Waals surface area contributed by atoms with Gasteiger partial charge in [-0.15, -0.1) is 0 Å². The molecule has 2 heterocycles. The number of aromatic nitrogens is 2. The molecule has 0 bridgehead atoms. The second kappa shape index (κ2) is 6.63. The van der Waals surface area contributed by atoms with Crippen LogP contribution in [0.5, 0.6) is 0 Å². The van der Waals surface area contributed by atoms with Crippen LogP contribution in [-0.2, 0) is 4.74 Å². The lowest BCUT2D eigenvalue weighted by Gasteiger charge is -2.16. The lowest BCUT2D eigenvalue weighted by molar-refractivity contribution is 0.0525. The minimum Gasteiger partial charge on any atom is -0.462 e. The standard InChI is InChI=1S/C19H19FN2O3/c1-5-24-19(23)16-15(12-6-8-13(20)9-7-12)14-11(4)22-25-18(14)21-17(16)10(2)3/h6-10H,5H2,1-4H3. The van der Waals surface area contributed by atoms with Crippen LogP contribution in [0, 0.1) is 12.7 Å². The number of aryl methyl sites for hydroxylation is 1. The van der Waals surface area contributed by atoms with Gasteiger partial charge in [-0.25, -0.2) is 14.2 Å². The van der Waals surface area contributed by atoms with Gasteiger partial charge in [0.05, 0.1) is 28.9 Å². The Bertz CT molecular complexity index is 930. The molecule has 2 aromatic heterocycles. The molecule has 25 heavy (non-hydrogen) atoms. The van der Waals surface area contributed by atoms with Crippen LogP contribution in [0.3, 0.4) is 0 Å². The van der Waals surface area contributed by atoms with E-state index in [2.05, 4.69) is 10.1 Å². The summed E-state index contributed by atoms with van der Waals surface area (Å²) in [5, 5.41) is 4.62. The van der Waals surface area contributed by atoms with Crippen LogP contribution in [0.2, 0.25) is 0 Å². The number of halogens is 1. The molecule has 0 aliphatic rings. The third kappa shape index (κ3) is 2.99. The summed E-state index contributed by atoms with van der Waals surface area (Å²) < 4.78 is 24.0. The van der Waals surface area contributed by atoms with Crippen LogP contribution in [0.15, 0.2) is 28.8 Å². The zero-order valence-corrected chi connectivity index (χ0v) is 14.6. The highest BCUT2D eigenvalue weighted by molar-refractivity contribution is 6.07. The highest BCUT2D eigenvalue weighted by atomic mass is 19.1. The van der Waals surface area contributed by atoms with Crippen molar-refractivity contribution in [3.63, 3.8) is 0 Å². The van der Waals surface area contributed by atoms with Gasteiger partial charge in [0.25, 0.3) is 5.71 Å². The number of carbonyl (C=O) groups is 1. The summed E-state index contributed by atoms with van der Waals surface area (Å²) in [6.45, 7) is 7.66. The van der Waals surface area contributed by atoms with Crippen molar-refractivity contribution in [1.29, 1.82) is 0 Å². The molecule has 0 N–H and O–H groups in total. The van der Waals surface area contributed by atoms with Crippen LogP contribution in [0.1, 0.15) is 48.4 Å². The van der Waals surface area contributed by atoms with E-state index in [-0.39, 0.29) is 18.3 Å². The number of hydrogen-bond acceptors (Lipinski definition) is 5. The van der Waals surface area contributed by atoms with Gasteiger partial charge in [0.15, 0.2) is 0 Å². The molecule has 0 fully saturated rings. The zero-order chi connectivity index (χ0) is 18.1. The maximum absolute atomic E-state index is 13.4. The number of ether oxygens (including phenoxy) is 1. The summed E-state index contributed by atoms with van der Waals surface area (Å²) in [5.41, 5.74) is 3.22. The van der Waals surface area contributed by atoms with Gasteiger partial charge in [-0.1, -0.05) is 31.1 Å². The molecule has 3 rings (SSSR count). The van der Waals surface area contributed by atoms with Crippen molar-refractivity contribution in [2.75, 3.05) is 6.61 Å². The first-order chi connectivity index (χ1) is 11.9. The Morgan fingerprint density at radius 3 is 2.56 bits per heavy atom. The molecule has 0 saturated carbocycles. The van der Waals surface area contributed by atoms with Gasteiger partial charge in [-0.3, -0.25) is 0 Å². The third-order valence-electron chi connectivity index (χ3n) is 3.98. The van der Waals surface area contributed by atoms with E-state index in [1.165, 1.54) is 12.1 Å². The SMILES string of the molecule is CCOC(=O)c1c(C(C)C)nc2onc(C)c2c1-c1ccc(F)cc1. The largest absolute Gasteiger partial charge is 0.462 e.